The predicted molar refractivity (Wildman–Crippen MR) is 64.8 cm³/mol. The van der Waals surface area contributed by atoms with Crippen molar-refractivity contribution in [2.24, 2.45) is 0 Å². The summed E-state index contributed by atoms with van der Waals surface area (Å²) in [5, 5.41) is 17.1. The minimum absolute atomic E-state index is 0.0473. The van der Waals surface area contributed by atoms with Gasteiger partial charge in [-0.1, -0.05) is 0 Å². The lowest BCUT2D eigenvalue weighted by Gasteiger charge is -2.24. The molecule has 0 spiro atoms. The number of nitrogens with one attached hydrogen (secondary N) is 2. The van der Waals surface area contributed by atoms with Crippen LogP contribution in [0.3, 0.4) is 0 Å². The van der Waals surface area contributed by atoms with E-state index in [-0.39, 0.29) is 11.5 Å². The molecule has 0 amide bonds. The summed E-state index contributed by atoms with van der Waals surface area (Å²) in [6.07, 6.45) is 2.02. The summed E-state index contributed by atoms with van der Waals surface area (Å²) in [4.78, 5) is 14.0. The highest BCUT2D eigenvalue weighted by atomic mass is 16.6. The molecule has 1 aliphatic rings. The molecule has 1 aromatic heterocycles. The average Bonchev–Trinajstić information content (AvgIpc) is 2.30. The number of nitrogens with zero attached hydrogens (tertiary/aromatic N) is 2. The molecule has 1 fully saturated rings. The molecule has 92 valence electrons. The molecule has 0 aromatic carbocycles. The highest BCUT2D eigenvalue weighted by Crippen LogP contribution is 2.21. The van der Waals surface area contributed by atoms with Crippen molar-refractivity contribution in [3.05, 3.63) is 22.2 Å². The summed E-state index contributed by atoms with van der Waals surface area (Å²) >= 11 is 0. The average molecular weight is 237 g/mol. The Morgan fingerprint density at radius 1 is 1.47 bits per heavy atom. The number of aromatic nitrogens is 1. The minimum atomic E-state index is -0.531. The molecule has 1 saturated heterocycles. The van der Waals surface area contributed by atoms with Gasteiger partial charge in [-0.05, 0) is 32.0 Å². The number of hydrogen-bond acceptors (Lipinski definition) is 6. The van der Waals surface area contributed by atoms with Crippen molar-refractivity contribution in [2.75, 3.05) is 24.1 Å². The van der Waals surface area contributed by atoms with Gasteiger partial charge >= 0.3 is 5.69 Å². The van der Waals surface area contributed by atoms with E-state index in [1.165, 1.54) is 6.07 Å². The number of anilines is 2. The molecule has 7 nitrogen and oxygen atoms in total. The normalized spacial score (nSPS) is 16.7. The van der Waals surface area contributed by atoms with E-state index in [1.54, 1.807) is 6.07 Å². The lowest BCUT2D eigenvalue weighted by molar-refractivity contribution is -0.384. The quantitative estimate of drug-likeness (QED) is 0.528. The van der Waals surface area contributed by atoms with Crippen molar-refractivity contribution in [1.29, 1.82) is 0 Å². The SMILES string of the molecule is Nc1nc(NC2CCNCC2)ccc1[N+](=O)[O-]. The van der Waals surface area contributed by atoms with Gasteiger partial charge in [-0.2, -0.15) is 0 Å². The van der Waals surface area contributed by atoms with Crippen LogP contribution in [-0.4, -0.2) is 29.0 Å². The Balaban J connectivity index is 2.06. The molecule has 2 rings (SSSR count). The summed E-state index contributed by atoms with van der Waals surface area (Å²) in [7, 11) is 0. The lowest BCUT2D eigenvalue weighted by atomic mass is 10.1. The molecular weight excluding hydrogens is 222 g/mol. The van der Waals surface area contributed by atoms with E-state index in [9.17, 15) is 10.1 Å². The van der Waals surface area contributed by atoms with Gasteiger partial charge in [0, 0.05) is 12.1 Å². The number of piperidine rings is 1. The van der Waals surface area contributed by atoms with Crippen molar-refractivity contribution in [2.45, 2.75) is 18.9 Å². The van der Waals surface area contributed by atoms with Gasteiger partial charge in [0.05, 0.1) is 4.92 Å². The molecule has 0 unspecified atom stereocenters. The smallest absolute Gasteiger partial charge is 0.311 e. The summed E-state index contributed by atoms with van der Waals surface area (Å²) in [5.41, 5.74) is 5.37. The molecule has 7 heteroatoms. The summed E-state index contributed by atoms with van der Waals surface area (Å²) in [6, 6.07) is 3.33. The van der Waals surface area contributed by atoms with Gasteiger partial charge in [-0.3, -0.25) is 10.1 Å². The molecule has 0 aliphatic carbocycles. The maximum Gasteiger partial charge on any atom is 0.311 e. The van der Waals surface area contributed by atoms with Crippen LogP contribution in [0.4, 0.5) is 17.3 Å². The first-order valence-corrected chi connectivity index (χ1v) is 5.55. The van der Waals surface area contributed by atoms with Gasteiger partial charge in [-0.25, -0.2) is 4.98 Å². The first kappa shape index (κ1) is 11.6. The molecular formula is C10H15N5O2. The fraction of sp³-hybridized carbons (Fsp3) is 0.500. The van der Waals surface area contributed by atoms with Crippen LogP contribution in [0, 0.1) is 10.1 Å². The van der Waals surface area contributed by atoms with E-state index in [4.69, 9.17) is 5.73 Å². The van der Waals surface area contributed by atoms with Crippen molar-refractivity contribution >= 4 is 17.3 Å². The predicted octanol–water partition coefficient (Wildman–Crippen LogP) is 0.736. The van der Waals surface area contributed by atoms with E-state index in [0.29, 0.717) is 11.9 Å². The third-order valence-corrected chi connectivity index (χ3v) is 2.79. The number of nitrogens with two attached hydrogens (primary N) is 1. The maximum absolute atomic E-state index is 10.6. The van der Waals surface area contributed by atoms with E-state index >= 15 is 0 Å². The summed E-state index contributed by atoms with van der Waals surface area (Å²) in [5.74, 6) is 0.550. The van der Waals surface area contributed by atoms with Gasteiger partial charge in [0.25, 0.3) is 0 Å². The second-order valence-corrected chi connectivity index (χ2v) is 4.03. The Morgan fingerprint density at radius 2 is 2.18 bits per heavy atom. The monoisotopic (exact) mass is 237 g/mol. The molecule has 4 N–H and O–H groups in total. The molecule has 1 aromatic rings. The molecule has 2 heterocycles. The third-order valence-electron chi connectivity index (χ3n) is 2.79. The van der Waals surface area contributed by atoms with E-state index in [1.807, 2.05) is 0 Å². The number of rotatable bonds is 3. The van der Waals surface area contributed by atoms with Crippen molar-refractivity contribution in [3.8, 4) is 0 Å². The van der Waals surface area contributed by atoms with Gasteiger partial charge < -0.3 is 16.4 Å². The topological polar surface area (TPSA) is 106 Å². The Hall–Kier alpha value is -1.89. The first-order chi connectivity index (χ1) is 8.16. The van der Waals surface area contributed by atoms with E-state index in [0.717, 1.165) is 25.9 Å². The second kappa shape index (κ2) is 4.96. The second-order valence-electron chi connectivity index (χ2n) is 4.03. The van der Waals surface area contributed by atoms with Crippen LogP contribution >= 0.6 is 0 Å². The lowest BCUT2D eigenvalue weighted by Crippen LogP contribution is -2.35. The molecule has 1 aliphatic heterocycles. The highest BCUT2D eigenvalue weighted by molar-refractivity contribution is 5.57. The van der Waals surface area contributed by atoms with E-state index < -0.39 is 4.92 Å². The number of pyridine rings is 1. The van der Waals surface area contributed by atoms with Gasteiger partial charge in [0.2, 0.25) is 5.82 Å². The fourth-order valence-corrected chi connectivity index (χ4v) is 1.88. The Morgan fingerprint density at radius 3 is 2.76 bits per heavy atom. The van der Waals surface area contributed by atoms with Crippen molar-refractivity contribution in [3.63, 3.8) is 0 Å². The van der Waals surface area contributed by atoms with E-state index in [2.05, 4.69) is 15.6 Å². The van der Waals surface area contributed by atoms with Gasteiger partial charge in [-0.15, -0.1) is 0 Å². The van der Waals surface area contributed by atoms with Crippen LogP contribution < -0.4 is 16.4 Å². The minimum Gasteiger partial charge on any atom is -0.378 e. The number of nitrogen functional groups attached to an aromatic ring is 1. The zero-order valence-electron chi connectivity index (χ0n) is 9.35. The zero-order chi connectivity index (χ0) is 12.3. The summed E-state index contributed by atoms with van der Waals surface area (Å²) < 4.78 is 0. The number of nitro groups is 1. The Bertz CT molecular complexity index is 417. The Kier molecular flexibility index (Phi) is 3.38. The molecule has 0 radical (unpaired) electrons. The molecule has 17 heavy (non-hydrogen) atoms. The van der Waals surface area contributed by atoms with Crippen LogP contribution in [0.5, 0.6) is 0 Å². The van der Waals surface area contributed by atoms with Crippen LogP contribution in [0.2, 0.25) is 0 Å². The van der Waals surface area contributed by atoms with Gasteiger partial charge in [0.15, 0.2) is 0 Å². The molecule has 0 atom stereocenters. The zero-order valence-corrected chi connectivity index (χ0v) is 9.35. The Labute approximate surface area is 98.6 Å². The highest BCUT2D eigenvalue weighted by Gasteiger charge is 2.16. The van der Waals surface area contributed by atoms with Crippen LogP contribution in [0.1, 0.15) is 12.8 Å². The van der Waals surface area contributed by atoms with Gasteiger partial charge in [0.1, 0.15) is 5.82 Å². The van der Waals surface area contributed by atoms with Crippen molar-refractivity contribution in [1.82, 2.24) is 10.3 Å². The largest absolute Gasteiger partial charge is 0.378 e. The van der Waals surface area contributed by atoms with Crippen molar-refractivity contribution < 1.29 is 4.92 Å². The molecule has 0 saturated carbocycles. The standard InChI is InChI=1S/C10H15N5O2/c11-10-8(15(16)17)1-2-9(14-10)13-7-3-5-12-6-4-7/h1-2,7,12H,3-6H2,(H3,11,13,14). The van der Waals surface area contributed by atoms with Crippen LogP contribution in [-0.2, 0) is 0 Å². The van der Waals surface area contributed by atoms with Crippen LogP contribution in [0.25, 0.3) is 0 Å². The number of hydrogen-bond donors (Lipinski definition) is 3. The molecule has 0 bridgehead atoms. The maximum atomic E-state index is 10.6. The first-order valence-electron chi connectivity index (χ1n) is 5.55. The fourth-order valence-electron chi connectivity index (χ4n) is 1.88. The summed E-state index contributed by atoms with van der Waals surface area (Å²) in [6.45, 7) is 1.94. The van der Waals surface area contributed by atoms with Crippen LogP contribution in [0.15, 0.2) is 12.1 Å². The third kappa shape index (κ3) is 2.82.